The Morgan fingerprint density at radius 2 is 2.00 bits per heavy atom. The van der Waals surface area contributed by atoms with Crippen molar-refractivity contribution in [2.24, 2.45) is 0 Å². The number of nitrogens with zero attached hydrogens (tertiary/aromatic N) is 2. The molecule has 2 aromatic rings. The fourth-order valence-electron chi connectivity index (χ4n) is 3.27. The van der Waals surface area contributed by atoms with Gasteiger partial charge in [0.1, 0.15) is 17.5 Å². The molecule has 1 aliphatic heterocycles. The van der Waals surface area contributed by atoms with Crippen LogP contribution in [0, 0.1) is 10.1 Å². The summed E-state index contributed by atoms with van der Waals surface area (Å²) in [7, 11) is 1.41. The molecule has 1 atom stereocenters. The van der Waals surface area contributed by atoms with Gasteiger partial charge in [0.15, 0.2) is 0 Å². The molecule has 0 aromatic heterocycles. The van der Waals surface area contributed by atoms with Crippen molar-refractivity contribution in [1.29, 1.82) is 0 Å². The maximum absolute atomic E-state index is 12.5. The van der Waals surface area contributed by atoms with Crippen LogP contribution in [0.5, 0.6) is 5.75 Å². The summed E-state index contributed by atoms with van der Waals surface area (Å²) < 4.78 is 5.00. The molecule has 3 rings (SSSR count). The van der Waals surface area contributed by atoms with Gasteiger partial charge in [-0.3, -0.25) is 19.7 Å². The monoisotopic (exact) mass is 398 g/mol. The lowest BCUT2D eigenvalue weighted by Gasteiger charge is -2.18. The Hall–Kier alpha value is -3.62. The van der Waals surface area contributed by atoms with E-state index in [1.807, 2.05) is 12.1 Å². The van der Waals surface area contributed by atoms with Crippen molar-refractivity contribution in [1.82, 2.24) is 0 Å². The zero-order valence-electron chi connectivity index (χ0n) is 16.4. The molecule has 1 unspecified atom stereocenters. The fourth-order valence-corrected chi connectivity index (χ4v) is 3.27. The summed E-state index contributed by atoms with van der Waals surface area (Å²) >= 11 is 0. The van der Waals surface area contributed by atoms with Crippen molar-refractivity contribution < 1.29 is 19.2 Å². The lowest BCUT2D eigenvalue weighted by Crippen LogP contribution is -2.32. The number of rotatable bonds is 6. The summed E-state index contributed by atoms with van der Waals surface area (Å²) in [6.45, 7) is 3.84. The SMILES string of the molecule is COc1ccc(NC(=O)C(C)Nc2ccc3c(c2)CCN3C(C)=O)c([N+](=O)[O-])c1. The number of hydrogen-bond acceptors (Lipinski definition) is 6. The van der Waals surface area contributed by atoms with Crippen LogP contribution in [0.4, 0.5) is 22.7 Å². The number of nitro groups is 1. The molecule has 9 nitrogen and oxygen atoms in total. The van der Waals surface area contributed by atoms with Gasteiger partial charge in [0.05, 0.1) is 18.1 Å². The highest BCUT2D eigenvalue weighted by molar-refractivity contribution is 5.98. The molecule has 0 radical (unpaired) electrons. The van der Waals surface area contributed by atoms with E-state index < -0.39 is 16.9 Å². The van der Waals surface area contributed by atoms with E-state index in [0.29, 0.717) is 12.3 Å². The lowest BCUT2D eigenvalue weighted by atomic mass is 10.1. The first-order valence-electron chi connectivity index (χ1n) is 9.11. The molecule has 29 heavy (non-hydrogen) atoms. The van der Waals surface area contributed by atoms with Crippen LogP contribution in [0.25, 0.3) is 0 Å². The highest BCUT2D eigenvalue weighted by Crippen LogP contribution is 2.31. The third-order valence-corrected chi connectivity index (χ3v) is 4.79. The molecule has 2 N–H and O–H groups in total. The molecule has 1 heterocycles. The fraction of sp³-hybridized carbons (Fsp3) is 0.300. The smallest absolute Gasteiger partial charge is 0.296 e. The highest BCUT2D eigenvalue weighted by Gasteiger charge is 2.23. The number of nitrogens with one attached hydrogen (secondary N) is 2. The van der Waals surface area contributed by atoms with E-state index >= 15 is 0 Å². The number of carbonyl (C=O) groups is 2. The average molecular weight is 398 g/mol. The topological polar surface area (TPSA) is 114 Å². The minimum atomic E-state index is -0.639. The van der Waals surface area contributed by atoms with Crippen molar-refractivity contribution in [2.45, 2.75) is 26.3 Å². The number of ether oxygens (including phenoxy) is 1. The second-order valence-corrected chi connectivity index (χ2v) is 6.76. The summed E-state index contributed by atoms with van der Waals surface area (Å²) in [5.74, 6) is -0.0824. The van der Waals surface area contributed by atoms with E-state index in [9.17, 15) is 19.7 Å². The highest BCUT2D eigenvalue weighted by atomic mass is 16.6. The van der Waals surface area contributed by atoms with Gasteiger partial charge in [0.2, 0.25) is 11.8 Å². The van der Waals surface area contributed by atoms with Gasteiger partial charge in [0, 0.05) is 24.8 Å². The zero-order valence-corrected chi connectivity index (χ0v) is 16.4. The Kier molecular flexibility index (Phi) is 5.67. The number of anilines is 3. The van der Waals surface area contributed by atoms with Gasteiger partial charge in [-0.15, -0.1) is 0 Å². The van der Waals surface area contributed by atoms with E-state index in [1.54, 1.807) is 24.0 Å². The molecule has 0 fully saturated rings. The molecule has 152 valence electrons. The first-order valence-corrected chi connectivity index (χ1v) is 9.11. The van der Waals surface area contributed by atoms with Crippen LogP contribution in [-0.4, -0.2) is 36.4 Å². The Bertz CT molecular complexity index is 975. The molecular formula is C20H22N4O5. The van der Waals surface area contributed by atoms with Gasteiger partial charge >= 0.3 is 0 Å². The van der Waals surface area contributed by atoms with Gasteiger partial charge in [-0.1, -0.05) is 0 Å². The van der Waals surface area contributed by atoms with Crippen LogP contribution < -0.4 is 20.3 Å². The quantitative estimate of drug-likeness (QED) is 0.571. The normalized spacial score (nSPS) is 13.4. The average Bonchev–Trinajstić information content (AvgIpc) is 3.11. The first kappa shape index (κ1) is 20.1. The van der Waals surface area contributed by atoms with Gasteiger partial charge < -0.3 is 20.3 Å². The standard InChI is InChI=1S/C20H22N4O5/c1-12(20(26)22-17-6-5-16(29-3)11-19(17)24(27)28)21-15-4-7-18-14(10-15)8-9-23(18)13(2)25/h4-7,10-12,21H,8-9H2,1-3H3,(H,22,26). The molecule has 0 saturated carbocycles. The van der Waals surface area contributed by atoms with Crippen LogP contribution in [-0.2, 0) is 16.0 Å². The number of amides is 2. The van der Waals surface area contributed by atoms with Crippen molar-refractivity contribution in [3.05, 3.63) is 52.1 Å². The minimum Gasteiger partial charge on any atom is -0.496 e. The van der Waals surface area contributed by atoms with Crippen molar-refractivity contribution in [3.63, 3.8) is 0 Å². The van der Waals surface area contributed by atoms with Crippen LogP contribution >= 0.6 is 0 Å². The van der Waals surface area contributed by atoms with Gasteiger partial charge in [-0.25, -0.2) is 0 Å². The summed E-state index contributed by atoms with van der Waals surface area (Å²) in [5.41, 5.74) is 2.51. The number of benzene rings is 2. The maximum Gasteiger partial charge on any atom is 0.296 e. The van der Waals surface area contributed by atoms with E-state index in [1.165, 1.54) is 26.2 Å². The first-order chi connectivity index (χ1) is 13.8. The van der Waals surface area contributed by atoms with Gasteiger partial charge in [-0.2, -0.15) is 0 Å². The molecule has 9 heteroatoms. The molecule has 2 amide bonds. The summed E-state index contributed by atoms with van der Waals surface area (Å²) in [4.78, 5) is 36.6. The minimum absolute atomic E-state index is 0.00158. The third-order valence-electron chi connectivity index (χ3n) is 4.79. The number of nitro benzene ring substituents is 1. The van der Waals surface area contributed by atoms with E-state index in [-0.39, 0.29) is 17.3 Å². The van der Waals surface area contributed by atoms with Gasteiger partial charge in [-0.05, 0) is 49.2 Å². The van der Waals surface area contributed by atoms with E-state index in [2.05, 4.69) is 10.6 Å². The number of fused-ring (bicyclic) bond motifs is 1. The summed E-state index contributed by atoms with van der Waals surface area (Å²) in [6, 6.07) is 9.17. The molecule has 0 saturated heterocycles. The number of hydrogen-bond donors (Lipinski definition) is 2. The number of carbonyl (C=O) groups excluding carboxylic acids is 2. The molecule has 1 aliphatic rings. The van der Waals surface area contributed by atoms with Crippen LogP contribution in [0.2, 0.25) is 0 Å². The van der Waals surface area contributed by atoms with Crippen molar-refractivity contribution in [3.8, 4) is 5.75 Å². The Morgan fingerprint density at radius 1 is 1.24 bits per heavy atom. The Balaban J connectivity index is 1.71. The number of methoxy groups -OCH3 is 1. The van der Waals surface area contributed by atoms with Crippen LogP contribution in [0.3, 0.4) is 0 Å². The predicted molar refractivity (Wildman–Crippen MR) is 110 cm³/mol. The predicted octanol–water partition coefficient (Wildman–Crippen LogP) is 2.95. The second-order valence-electron chi connectivity index (χ2n) is 6.76. The maximum atomic E-state index is 12.5. The van der Waals surface area contributed by atoms with Crippen LogP contribution in [0.1, 0.15) is 19.4 Å². The molecule has 0 bridgehead atoms. The van der Waals surface area contributed by atoms with Gasteiger partial charge in [0.25, 0.3) is 5.69 Å². The molecule has 2 aromatic carbocycles. The van der Waals surface area contributed by atoms with E-state index in [0.717, 1.165) is 23.4 Å². The second kappa shape index (κ2) is 8.17. The largest absolute Gasteiger partial charge is 0.496 e. The van der Waals surface area contributed by atoms with Crippen LogP contribution in [0.15, 0.2) is 36.4 Å². The molecular weight excluding hydrogens is 376 g/mol. The summed E-state index contributed by atoms with van der Waals surface area (Å²) in [6.07, 6.45) is 0.753. The Morgan fingerprint density at radius 3 is 2.66 bits per heavy atom. The Labute approximate surface area is 167 Å². The molecule has 0 spiro atoms. The zero-order chi connectivity index (χ0) is 21.1. The third kappa shape index (κ3) is 4.29. The van der Waals surface area contributed by atoms with Crippen molar-refractivity contribution in [2.75, 3.05) is 29.2 Å². The van der Waals surface area contributed by atoms with Crippen molar-refractivity contribution >= 4 is 34.6 Å². The lowest BCUT2D eigenvalue weighted by molar-refractivity contribution is -0.384. The summed E-state index contributed by atoms with van der Waals surface area (Å²) in [5, 5.41) is 17.0. The molecule has 0 aliphatic carbocycles. The van der Waals surface area contributed by atoms with E-state index in [4.69, 9.17) is 4.74 Å².